The highest BCUT2D eigenvalue weighted by molar-refractivity contribution is 5.89. The van der Waals surface area contributed by atoms with Crippen molar-refractivity contribution in [1.82, 2.24) is 4.90 Å². The lowest BCUT2D eigenvalue weighted by Crippen LogP contribution is -2.38. The van der Waals surface area contributed by atoms with Crippen LogP contribution in [0.5, 0.6) is 0 Å². The molecule has 0 spiro atoms. The van der Waals surface area contributed by atoms with Crippen LogP contribution in [0.1, 0.15) is 28.8 Å². The third kappa shape index (κ3) is 3.09. The van der Waals surface area contributed by atoms with Crippen LogP contribution >= 0.6 is 0 Å². The Kier molecular flexibility index (Phi) is 4.33. The molecule has 4 nitrogen and oxygen atoms in total. The van der Waals surface area contributed by atoms with Crippen molar-refractivity contribution in [2.24, 2.45) is 0 Å². The third-order valence-corrected chi connectivity index (χ3v) is 3.44. The first-order valence-corrected chi connectivity index (χ1v) is 6.27. The Morgan fingerprint density at radius 3 is 3.00 bits per heavy atom. The van der Waals surface area contributed by atoms with Gasteiger partial charge < -0.3 is 9.84 Å². The van der Waals surface area contributed by atoms with E-state index >= 15 is 0 Å². The quantitative estimate of drug-likeness (QED) is 0.886. The van der Waals surface area contributed by atoms with Crippen LogP contribution in [0.2, 0.25) is 0 Å². The molecular weight excluding hydrogens is 230 g/mol. The summed E-state index contributed by atoms with van der Waals surface area (Å²) in [6.07, 6.45) is 2.47. The first-order chi connectivity index (χ1) is 8.70. The summed E-state index contributed by atoms with van der Waals surface area (Å²) in [5.41, 5.74) is 1.28. The van der Waals surface area contributed by atoms with Gasteiger partial charge in [0.2, 0.25) is 0 Å². The van der Waals surface area contributed by atoms with Gasteiger partial charge in [-0.1, -0.05) is 18.2 Å². The fraction of sp³-hybridized carbons (Fsp3) is 0.500. The van der Waals surface area contributed by atoms with Crippen LogP contribution in [0.4, 0.5) is 0 Å². The number of benzene rings is 1. The predicted molar refractivity (Wildman–Crippen MR) is 68.7 cm³/mol. The minimum absolute atomic E-state index is 0.274. The molecular formula is C14H19NO3. The number of likely N-dealkylation sites (tertiary alicyclic amines) is 1. The molecule has 1 N–H and O–H groups in total. The molecule has 1 aromatic carbocycles. The lowest BCUT2D eigenvalue weighted by atomic mass is 10.0. The second-order valence-corrected chi connectivity index (χ2v) is 4.70. The highest BCUT2D eigenvalue weighted by Crippen LogP contribution is 2.17. The second kappa shape index (κ2) is 5.98. The maximum absolute atomic E-state index is 11.1. The zero-order valence-corrected chi connectivity index (χ0v) is 10.6. The lowest BCUT2D eigenvalue weighted by molar-refractivity contribution is 0.0284. The van der Waals surface area contributed by atoms with Crippen LogP contribution in [0.25, 0.3) is 0 Å². The molecule has 1 heterocycles. The summed E-state index contributed by atoms with van der Waals surface area (Å²) in [5, 5.41) is 9.15. The average Bonchev–Trinajstić information content (AvgIpc) is 2.39. The SMILES string of the molecule is COC1CCCN(Cc2ccccc2C(=O)O)C1. The van der Waals surface area contributed by atoms with Crippen molar-refractivity contribution in [3.8, 4) is 0 Å². The molecule has 1 saturated heterocycles. The Labute approximate surface area is 107 Å². The molecule has 18 heavy (non-hydrogen) atoms. The summed E-state index contributed by atoms with van der Waals surface area (Å²) in [6.45, 7) is 2.57. The van der Waals surface area contributed by atoms with Gasteiger partial charge in [0.1, 0.15) is 0 Å². The van der Waals surface area contributed by atoms with Gasteiger partial charge in [-0.3, -0.25) is 4.90 Å². The smallest absolute Gasteiger partial charge is 0.336 e. The fourth-order valence-electron chi connectivity index (χ4n) is 2.46. The highest BCUT2D eigenvalue weighted by Gasteiger charge is 2.20. The Hall–Kier alpha value is -1.39. The maximum atomic E-state index is 11.1. The maximum Gasteiger partial charge on any atom is 0.336 e. The minimum Gasteiger partial charge on any atom is -0.478 e. The van der Waals surface area contributed by atoms with Crippen LogP contribution in [-0.2, 0) is 11.3 Å². The second-order valence-electron chi connectivity index (χ2n) is 4.70. The van der Waals surface area contributed by atoms with Crippen molar-refractivity contribution in [3.63, 3.8) is 0 Å². The number of carboxylic acid groups (broad SMARTS) is 1. The molecule has 2 rings (SSSR count). The van der Waals surface area contributed by atoms with Crippen molar-refractivity contribution < 1.29 is 14.6 Å². The number of rotatable bonds is 4. The molecule has 1 unspecified atom stereocenters. The molecule has 0 saturated carbocycles. The van der Waals surface area contributed by atoms with E-state index < -0.39 is 5.97 Å². The summed E-state index contributed by atoms with van der Waals surface area (Å²) in [6, 6.07) is 7.20. The topological polar surface area (TPSA) is 49.8 Å². The van der Waals surface area contributed by atoms with E-state index in [2.05, 4.69) is 4.90 Å². The van der Waals surface area contributed by atoms with E-state index in [1.54, 1.807) is 19.2 Å². The van der Waals surface area contributed by atoms with Gasteiger partial charge in [-0.25, -0.2) is 4.79 Å². The Morgan fingerprint density at radius 1 is 1.50 bits per heavy atom. The minimum atomic E-state index is -0.856. The molecule has 0 radical (unpaired) electrons. The monoisotopic (exact) mass is 249 g/mol. The Bertz CT molecular complexity index is 419. The summed E-state index contributed by atoms with van der Waals surface area (Å²) < 4.78 is 5.38. The van der Waals surface area contributed by atoms with Gasteiger partial charge in [0.05, 0.1) is 11.7 Å². The molecule has 4 heteroatoms. The van der Waals surface area contributed by atoms with Crippen molar-refractivity contribution in [2.75, 3.05) is 20.2 Å². The Morgan fingerprint density at radius 2 is 2.28 bits per heavy atom. The number of aromatic carboxylic acids is 1. The summed E-state index contributed by atoms with van der Waals surface area (Å²) >= 11 is 0. The number of carbonyl (C=O) groups is 1. The predicted octanol–water partition coefficient (Wildman–Crippen LogP) is 2.00. The summed E-state index contributed by atoms with van der Waals surface area (Å²) in [5.74, 6) is -0.856. The number of piperidine rings is 1. The molecule has 1 fully saturated rings. The molecule has 0 aliphatic carbocycles. The molecule has 0 aromatic heterocycles. The van der Waals surface area contributed by atoms with Gasteiger partial charge in [0, 0.05) is 20.2 Å². The number of carboxylic acids is 1. The van der Waals surface area contributed by atoms with Crippen LogP contribution in [0.3, 0.4) is 0 Å². The first kappa shape index (κ1) is 13.1. The van der Waals surface area contributed by atoms with E-state index in [0.717, 1.165) is 31.5 Å². The van der Waals surface area contributed by atoms with E-state index in [4.69, 9.17) is 9.84 Å². The number of hydrogen-bond donors (Lipinski definition) is 1. The van der Waals surface area contributed by atoms with Crippen LogP contribution in [0, 0.1) is 0 Å². The van der Waals surface area contributed by atoms with Crippen LogP contribution in [-0.4, -0.2) is 42.3 Å². The van der Waals surface area contributed by atoms with Crippen LogP contribution < -0.4 is 0 Å². The van der Waals surface area contributed by atoms with Gasteiger partial charge in [0.15, 0.2) is 0 Å². The van der Waals surface area contributed by atoms with Gasteiger partial charge in [-0.2, -0.15) is 0 Å². The average molecular weight is 249 g/mol. The fourth-order valence-corrected chi connectivity index (χ4v) is 2.46. The van der Waals surface area contributed by atoms with E-state index in [1.165, 1.54) is 0 Å². The standard InChI is InChI=1S/C14H19NO3/c1-18-12-6-4-8-15(10-12)9-11-5-2-3-7-13(11)14(16)17/h2-3,5,7,12H,4,6,8-10H2,1H3,(H,16,17). The summed E-state index contributed by atoms with van der Waals surface area (Å²) in [4.78, 5) is 13.4. The number of nitrogens with zero attached hydrogens (tertiary/aromatic N) is 1. The molecule has 1 aliphatic rings. The van der Waals surface area contributed by atoms with Gasteiger partial charge in [-0.15, -0.1) is 0 Å². The Balaban J connectivity index is 2.07. The van der Waals surface area contributed by atoms with Crippen molar-refractivity contribution in [3.05, 3.63) is 35.4 Å². The normalized spacial score (nSPS) is 20.8. The van der Waals surface area contributed by atoms with Crippen LogP contribution in [0.15, 0.2) is 24.3 Å². The number of hydrogen-bond acceptors (Lipinski definition) is 3. The van der Waals surface area contributed by atoms with Gasteiger partial charge in [-0.05, 0) is 31.0 Å². The van der Waals surface area contributed by atoms with Gasteiger partial charge in [0.25, 0.3) is 0 Å². The zero-order valence-electron chi connectivity index (χ0n) is 10.6. The van der Waals surface area contributed by atoms with E-state index in [1.807, 2.05) is 12.1 Å². The van der Waals surface area contributed by atoms with Gasteiger partial charge >= 0.3 is 5.97 Å². The van der Waals surface area contributed by atoms with Crippen molar-refractivity contribution >= 4 is 5.97 Å². The molecule has 1 aliphatic heterocycles. The zero-order chi connectivity index (χ0) is 13.0. The molecule has 1 aromatic rings. The van der Waals surface area contributed by atoms with E-state index in [0.29, 0.717) is 12.1 Å². The molecule has 0 amide bonds. The van der Waals surface area contributed by atoms with E-state index in [9.17, 15) is 4.79 Å². The molecule has 1 atom stereocenters. The molecule has 98 valence electrons. The lowest BCUT2D eigenvalue weighted by Gasteiger charge is -2.32. The number of ether oxygens (including phenoxy) is 1. The molecule has 0 bridgehead atoms. The van der Waals surface area contributed by atoms with Crippen molar-refractivity contribution in [1.29, 1.82) is 0 Å². The van der Waals surface area contributed by atoms with E-state index in [-0.39, 0.29) is 6.10 Å². The number of methoxy groups -OCH3 is 1. The third-order valence-electron chi connectivity index (χ3n) is 3.44. The highest BCUT2D eigenvalue weighted by atomic mass is 16.5. The largest absolute Gasteiger partial charge is 0.478 e. The first-order valence-electron chi connectivity index (χ1n) is 6.27. The van der Waals surface area contributed by atoms with Crippen molar-refractivity contribution in [2.45, 2.75) is 25.5 Å². The summed E-state index contributed by atoms with van der Waals surface area (Å²) in [7, 11) is 1.74.